The van der Waals surface area contributed by atoms with Gasteiger partial charge in [0.2, 0.25) is 0 Å². The van der Waals surface area contributed by atoms with Crippen LogP contribution in [0, 0.1) is 0 Å². The van der Waals surface area contributed by atoms with E-state index in [1.54, 1.807) is 18.2 Å². The van der Waals surface area contributed by atoms with Crippen molar-refractivity contribution in [2.45, 2.75) is 6.92 Å². The van der Waals surface area contributed by atoms with Gasteiger partial charge in [0, 0.05) is 34.5 Å². The summed E-state index contributed by atoms with van der Waals surface area (Å²) in [6, 6.07) is 5.75. The number of hydrogen-bond donors (Lipinski definition) is 2. The number of nitrogen functional groups attached to an aromatic ring is 1. The van der Waals surface area contributed by atoms with E-state index in [-0.39, 0.29) is 0 Å². The van der Waals surface area contributed by atoms with Crippen molar-refractivity contribution in [2.24, 2.45) is 0 Å². The Balaban J connectivity index is 2.02. The van der Waals surface area contributed by atoms with E-state index in [1.807, 2.05) is 6.92 Å². The minimum Gasteiger partial charge on any atom is -0.424 e. The maximum Gasteiger partial charge on any atom is 0.295 e. The summed E-state index contributed by atoms with van der Waals surface area (Å²) in [6.45, 7) is 2.49. The van der Waals surface area contributed by atoms with Gasteiger partial charge in [-0.15, -0.1) is 0 Å². The quantitative estimate of drug-likeness (QED) is 0.791. The monoisotopic (exact) mass is 253 g/mol. The number of fused-ring (bicyclic) bond motifs is 1. The zero-order valence-corrected chi connectivity index (χ0v) is 10.4. The second-order valence-corrected chi connectivity index (χ2v) is 5.47. The lowest BCUT2D eigenvalue weighted by molar-refractivity contribution is 0.616. The zero-order chi connectivity index (χ0) is 12.3. The average molecular weight is 253 g/mol. The Morgan fingerprint density at radius 2 is 2.35 bits per heavy atom. The standard InChI is InChI=1S/C11H15N3O2S/c1-2-17(15)6-5-13-11-14-9-7-8(12)3-4-10(9)16-11/h3-4,7H,2,5-6,12H2,1H3,(H,13,14). The highest BCUT2D eigenvalue weighted by atomic mass is 32.2. The van der Waals surface area contributed by atoms with Gasteiger partial charge >= 0.3 is 0 Å². The minimum atomic E-state index is -0.774. The molecule has 3 N–H and O–H groups in total. The SMILES string of the molecule is CCS(=O)CCNc1nc2cc(N)ccc2o1. The molecule has 1 heterocycles. The molecule has 5 nitrogen and oxygen atoms in total. The number of rotatable bonds is 5. The van der Waals surface area contributed by atoms with Gasteiger partial charge in [-0.1, -0.05) is 6.92 Å². The molecule has 2 rings (SSSR count). The van der Waals surface area contributed by atoms with Crippen molar-refractivity contribution in [3.63, 3.8) is 0 Å². The molecule has 0 amide bonds. The molecule has 0 fully saturated rings. The average Bonchev–Trinajstić information content (AvgIpc) is 2.70. The first-order valence-corrected chi connectivity index (χ1v) is 6.92. The van der Waals surface area contributed by atoms with Crippen LogP contribution < -0.4 is 11.1 Å². The molecular formula is C11H15N3O2S. The first-order chi connectivity index (χ1) is 8.19. The third-order valence-corrected chi connectivity index (χ3v) is 3.64. The number of oxazole rings is 1. The Morgan fingerprint density at radius 1 is 1.53 bits per heavy atom. The zero-order valence-electron chi connectivity index (χ0n) is 9.60. The Bertz CT molecular complexity index is 538. The van der Waals surface area contributed by atoms with Gasteiger partial charge in [0.25, 0.3) is 6.01 Å². The molecular weight excluding hydrogens is 238 g/mol. The predicted molar refractivity (Wildman–Crippen MR) is 70.5 cm³/mol. The van der Waals surface area contributed by atoms with Gasteiger partial charge in [-0.25, -0.2) is 0 Å². The van der Waals surface area contributed by atoms with Crippen molar-refractivity contribution >= 4 is 33.6 Å². The largest absolute Gasteiger partial charge is 0.424 e. The molecule has 17 heavy (non-hydrogen) atoms. The molecule has 0 aliphatic heterocycles. The first-order valence-electron chi connectivity index (χ1n) is 5.44. The van der Waals surface area contributed by atoms with Crippen LogP contribution >= 0.6 is 0 Å². The van der Waals surface area contributed by atoms with Crippen molar-refractivity contribution < 1.29 is 8.63 Å². The van der Waals surface area contributed by atoms with Crippen LogP contribution in [0.3, 0.4) is 0 Å². The molecule has 0 saturated heterocycles. The molecule has 0 aliphatic carbocycles. The van der Waals surface area contributed by atoms with Crippen LogP contribution in [0.5, 0.6) is 0 Å². The Kier molecular flexibility index (Phi) is 3.63. The molecule has 1 aromatic heterocycles. The summed E-state index contributed by atoms with van der Waals surface area (Å²) in [6.07, 6.45) is 0. The van der Waals surface area contributed by atoms with Crippen molar-refractivity contribution in [1.29, 1.82) is 0 Å². The molecule has 0 bridgehead atoms. The van der Waals surface area contributed by atoms with E-state index in [1.165, 1.54) is 0 Å². The van der Waals surface area contributed by atoms with Gasteiger partial charge in [-0.3, -0.25) is 4.21 Å². The molecule has 1 atom stereocenters. The lowest BCUT2D eigenvalue weighted by Crippen LogP contribution is -2.11. The molecule has 0 radical (unpaired) electrons. The summed E-state index contributed by atoms with van der Waals surface area (Å²) in [7, 11) is -0.774. The smallest absolute Gasteiger partial charge is 0.295 e. The highest BCUT2D eigenvalue weighted by molar-refractivity contribution is 7.84. The summed E-state index contributed by atoms with van der Waals surface area (Å²) in [5, 5.41) is 3.01. The molecule has 6 heteroatoms. The summed E-state index contributed by atoms with van der Waals surface area (Å²) >= 11 is 0. The maximum absolute atomic E-state index is 11.2. The fourth-order valence-electron chi connectivity index (χ4n) is 1.44. The number of anilines is 2. The highest BCUT2D eigenvalue weighted by Crippen LogP contribution is 2.20. The van der Waals surface area contributed by atoms with E-state index in [0.717, 1.165) is 5.52 Å². The number of aromatic nitrogens is 1. The van der Waals surface area contributed by atoms with Gasteiger partial charge in [-0.05, 0) is 18.2 Å². The lowest BCUT2D eigenvalue weighted by atomic mass is 10.3. The number of benzene rings is 1. The second kappa shape index (κ2) is 5.18. The fourth-order valence-corrected chi connectivity index (χ4v) is 2.05. The van der Waals surface area contributed by atoms with Crippen LogP contribution in [0.4, 0.5) is 11.7 Å². The maximum atomic E-state index is 11.2. The first kappa shape index (κ1) is 11.9. The molecule has 1 unspecified atom stereocenters. The van der Waals surface area contributed by atoms with Crippen LogP contribution in [0.2, 0.25) is 0 Å². The highest BCUT2D eigenvalue weighted by Gasteiger charge is 2.05. The number of nitrogens with one attached hydrogen (secondary N) is 1. The Morgan fingerprint density at radius 3 is 3.12 bits per heavy atom. The van der Waals surface area contributed by atoms with Crippen LogP contribution in [0.25, 0.3) is 11.1 Å². The lowest BCUT2D eigenvalue weighted by Gasteiger charge is -1.99. The number of nitrogens with two attached hydrogens (primary N) is 1. The molecule has 2 aromatic rings. The van der Waals surface area contributed by atoms with Crippen molar-refractivity contribution in [2.75, 3.05) is 29.1 Å². The Hall–Kier alpha value is -1.56. The molecule has 0 saturated carbocycles. The minimum absolute atomic E-state index is 0.443. The van der Waals surface area contributed by atoms with Crippen LogP contribution in [0.1, 0.15) is 6.92 Å². The van der Waals surface area contributed by atoms with Gasteiger partial charge in [0.05, 0.1) is 0 Å². The molecule has 0 aliphatic rings. The number of hydrogen-bond acceptors (Lipinski definition) is 5. The van der Waals surface area contributed by atoms with E-state index in [0.29, 0.717) is 35.3 Å². The molecule has 0 spiro atoms. The normalized spacial score (nSPS) is 12.8. The van der Waals surface area contributed by atoms with Gasteiger partial charge < -0.3 is 15.5 Å². The predicted octanol–water partition coefficient (Wildman–Crippen LogP) is 1.59. The van der Waals surface area contributed by atoms with Crippen molar-refractivity contribution in [3.05, 3.63) is 18.2 Å². The summed E-state index contributed by atoms with van der Waals surface area (Å²) in [4.78, 5) is 4.24. The van der Waals surface area contributed by atoms with Gasteiger partial charge in [-0.2, -0.15) is 4.98 Å². The Labute approximate surface area is 102 Å². The third-order valence-electron chi connectivity index (χ3n) is 2.34. The second-order valence-electron chi connectivity index (χ2n) is 3.61. The van der Waals surface area contributed by atoms with Crippen molar-refractivity contribution in [3.8, 4) is 0 Å². The third kappa shape index (κ3) is 2.97. The number of nitrogens with zero attached hydrogens (tertiary/aromatic N) is 1. The summed E-state index contributed by atoms with van der Waals surface area (Å²) < 4.78 is 16.7. The summed E-state index contributed by atoms with van der Waals surface area (Å²) in [5.41, 5.74) is 7.72. The molecule has 92 valence electrons. The van der Waals surface area contributed by atoms with Crippen molar-refractivity contribution in [1.82, 2.24) is 4.98 Å². The van der Waals surface area contributed by atoms with Crippen LogP contribution in [0.15, 0.2) is 22.6 Å². The van der Waals surface area contributed by atoms with Crippen LogP contribution in [-0.2, 0) is 10.8 Å². The van der Waals surface area contributed by atoms with E-state index in [4.69, 9.17) is 10.2 Å². The van der Waals surface area contributed by atoms with E-state index >= 15 is 0 Å². The van der Waals surface area contributed by atoms with Crippen LogP contribution in [-0.4, -0.2) is 27.2 Å². The van der Waals surface area contributed by atoms with E-state index < -0.39 is 10.8 Å². The van der Waals surface area contributed by atoms with Gasteiger partial charge in [0.15, 0.2) is 5.58 Å². The fraction of sp³-hybridized carbons (Fsp3) is 0.364. The van der Waals surface area contributed by atoms with E-state index in [2.05, 4.69) is 10.3 Å². The summed E-state index contributed by atoms with van der Waals surface area (Å²) in [5.74, 6) is 1.27. The molecule has 1 aromatic carbocycles. The van der Waals surface area contributed by atoms with E-state index in [9.17, 15) is 4.21 Å². The topological polar surface area (TPSA) is 81.2 Å². The van der Waals surface area contributed by atoms with Gasteiger partial charge in [0.1, 0.15) is 5.52 Å².